The maximum absolute atomic E-state index is 11.9. The molecule has 0 saturated heterocycles. The van der Waals surface area contributed by atoms with E-state index in [0.717, 1.165) is 0 Å². The van der Waals surface area contributed by atoms with E-state index in [2.05, 4.69) is 10.6 Å². The van der Waals surface area contributed by atoms with Crippen molar-refractivity contribution in [1.29, 1.82) is 0 Å². The van der Waals surface area contributed by atoms with Crippen molar-refractivity contribution < 1.29 is 14.3 Å². The molecule has 1 aromatic carbocycles. The average Bonchev–Trinajstić information content (AvgIpc) is 2.39. The van der Waals surface area contributed by atoms with Gasteiger partial charge >= 0.3 is 6.09 Å². The van der Waals surface area contributed by atoms with Gasteiger partial charge in [0.1, 0.15) is 5.60 Å². The van der Waals surface area contributed by atoms with Gasteiger partial charge in [-0.25, -0.2) is 4.79 Å². The molecule has 0 fully saturated rings. The van der Waals surface area contributed by atoms with Crippen LogP contribution in [0.2, 0.25) is 5.02 Å². The third-order valence-electron chi connectivity index (χ3n) is 2.57. The van der Waals surface area contributed by atoms with Crippen LogP contribution >= 0.6 is 11.6 Å². The van der Waals surface area contributed by atoms with Crippen molar-refractivity contribution >= 4 is 29.3 Å². The van der Waals surface area contributed by atoms with Gasteiger partial charge in [-0.3, -0.25) is 4.79 Å². The summed E-state index contributed by atoms with van der Waals surface area (Å²) < 4.78 is 5.10. The van der Waals surface area contributed by atoms with Crippen molar-refractivity contribution in [2.75, 3.05) is 18.8 Å². The Morgan fingerprint density at radius 3 is 2.45 bits per heavy atom. The Kier molecular flexibility index (Phi) is 6.49. The maximum Gasteiger partial charge on any atom is 0.407 e. The van der Waals surface area contributed by atoms with Crippen molar-refractivity contribution in [1.82, 2.24) is 10.6 Å². The van der Waals surface area contributed by atoms with E-state index in [-0.39, 0.29) is 5.91 Å². The third kappa shape index (κ3) is 6.67. The molecule has 0 saturated carbocycles. The van der Waals surface area contributed by atoms with Crippen molar-refractivity contribution in [3.05, 3.63) is 28.8 Å². The lowest BCUT2D eigenvalue weighted by atomic mass is 10.2. The fraction of sp³-hybridized carbons (Fsp3) is 0.467. The topological polar surface area (TPSA) is 93.5 Å². The van der Waals surface area contributed by atoms with E-state index < -0.39 is 11.7 Å². The number of anilines is 1. The average molecular weight is 328 g/mol. The van der Waals surface area contributed by atoms with Crippen LogP contribution in [0.3, 0.4) is 0 Å². The lowest BCUT2D eigenvalue weighted by molar-refractivity contribution is 0.0527. The van der Waals surface area contributed by atoms with Crippen molar-refractivity contribution in [2.24, 2.45) is 0 Å². The number of ether oxygens (including phenoxy) is 1. The number of rotatable bonds is 5. The molecule has 0 spiro atoms. The van der Waals surface area contributed by atoms with Gasteiger partial charge in [0.2, 0.25) is 0 Å². The zero-order chi connectivity index (χ0) is 16.8. The molecule has 122 valence electrons. The highest BCUT2D eigenvalue weighted by Gasteiger charge is 2.15. The number of nitrogen functional groups attached to an aromatic ring is 1. The number of nitrogens with two attached hydrogens (primary N) is 1. The van der Waals surface area contributed by atoms with Crippen LogP contribution < -0.4 is 16.4 Å². The second kappa shape index (κ2) is 7.89. The van der Waals surface area contributed by atoms with E-state index in [1.165, 1.54) is 6.07 Å². The van der Waals surface area contributed by atoms with E-state index >= 15 is 0 Å². The quantitative estimate of drug-likeness (QED) is 0.572. The fourth-order valence-electron chi connectivity index (χ4n) is 1.57. The lowest BCUT2D eigenvalue weighted by Gasteiger charge is -2.19. The summed E-state index contributed by atoms with van der Waals surface area (Å²) in [7, 11) is 0. The molecule has 0 aromatic heterocycles. The van der Waals surface area contributed by atoms with E-state index in [9.17, 15) is 9.59 Å². The number of carbonyl (C=O) groups excluding carboxylic acids is 2. The predicted molar refractivity (Wildman–Crippen MR) is 87.1 cm³/mol. The van der Waals surface area contributed by atoms with Gasteiger partial charge in [-0.15, -0.1) is 0 Å². The monoisotopic (exact) mass is 327 g/mol. The van der Waals surface area contributed by atoms with Gasteiger partial charge in [0.25, 0.3) is 5.91 Å². The Labute approximate surface area is 135 Å². The second-order valence-corrected chi connectivity index (χ2v) is 6.18. The van der Waals surface area contributed by atoms with Crippen molar-refractivity contribution in [3.63, 3.8) is 0 Å². The number of nitrogens with one attached hydrogen (secondary N) is 2. The highest BCUT2D eigenvalue weighted by atomic mass is 35.5. The van der Waals surface area contributed by atoms with Crippen LogP contribution in [0.1, 0.15) is 37.6 Å². The summed E-state index contributed by atoms with van der Waals surface area (Å²) in [6.45, 7) is 6.23. The molecule has 2 amide bonds. The largest absolute Gasteiger partial charge is 0.444 e. The number of halogens is 1. The van der Waals surface area contributed by atoms with Gasteiger partial charge in [0, 0.05) is 18.7 Å². The summed E-state index contributed by atoms with van der Waals surface area (Å²) in [4.78, 5) is 23.3. The van der Waals surface area contributed by atoms with Crippen LogP contribution in [0.25, 0.3) is 0 Å². The molecule has 0 heterocycles. The van der Waals surface area contributed by atoms with Gasteiger partial charge < -0.3 is 21.1 Å². The van der Waals surface area contributed by atoms with E-state index in [1.807, 2.05) is 0 Å². The molecule has 0 aliphatic carbocycles. The Morgan fingerprint density at radius 1 is 1.23 bits per heavy atom. The number of benzene rings is 1. The Bertz CT molecular complexity index is 541. The molecule has 4 N–H and O–H groups in total. The van der Waals surface area contributed by atoms with Crippen LogP contribution in [-0.2, 0) is 4.74 Å². The normalized spacial score (nSPS) is 10.9. The zero-order valence-electron chi connectivity index (χ0n) is 13.0. The molecule has 1 aromatic rings. The molecule has 0 radical (unpaired) electrons. The minimum atomic E-state index is -0.521. The first-order valence-corrected chi connectivity index (χ1v) is 7.37. The molecule has 7 heteroatoms. The van der Waals surface area contributed by atoms with Crippen LogP contribution in [0, 0.1) is 0 Å². The highest BCUT2D eigenvalue weighted by Crippen LogP contribution is 2.19. The highest BCUT2D eigenvalue weighted by molar-refractivity contribution is 6.33. The zero-order valence-corrected chi connectivity index (χ0v) is 13.8. The first kappa shape index (κ1) is 18.1. The van der Waals surface area contributed by atoms with Gasteiger partial charge in [0.15, 0.2) is 0 Å². The summed E-state index contributed by atoms with van der Waals surface area (Å²) in [6.07, 6.45) is 0.123. The number of carbonyl (C=O) groups is 2. The van der Waals surface area contributed by atoms with Gasteiger partial charge in [0.05, 0.1) is 10.7 Å². The predicted octanol–water partition coefficient (Wildman–Crippen LogP) is 2.57. The standard InChI is InChI=1S/C15H22ClN3O3/c1-15(2,3)22-14(21)19-8-4-7-18-13(20)10-5-6-12(17)11(16)9-10/h5-6,9H,4,7-8,17H2,1-3H3,(H,18,20)(H,19,21). The summed E-state index contributed by atoms with van der Waals surface area (Å²) in [5.41, 5.74) is 5.94. The van der Waals surface area contributed by atoms with Crippen molar-refractivity contribution in [3.8, 4) is 0 Å². The maximum atomic E-state index is 11.9. The molecule has 6 nitrogen and oxygen atoms in total. The van der Waals surface area contributed by atoms with Crippen molar-refractivity contribution in [2.45, 2.75) is 32.8 Å². The molecule has 0 aliphatic heterocycles. The summed E-state index contributed by atoms with van der Waals surface area (Å²) >= 11 is 5.86. The molecule has 0 aliphatic rings. The molecular weight excluding hydrogens is 306 g/mol. The minimum absolute atomic E-state index is 0.237. The van der Waals surface area contributed by atoms with Crippen LogP contribution in [0.4, 0.5) is 10.5 Å². The third-order valence-corrected chi connectivity index (χ3v) is 2.90. The first-order chi connectivity index (χ1) is 10.2. The Balaban J connectivity index is 2.25. The first-order valence-electron chi connectivity index (χ1n) is 6.99. The number of amides is 2. The minimum Gasteiger partial charge on any atom is -0.444 e. The second-order valence-electron chi connectivity index (χ2n) is 5.77. The Hall–Kier alpha value is -1.95. The van der Waals surface area contributed by atoms with Gasteiger partial charge in [-0.2, -0.15) is 0 Å². The van der Waals surface area contributed by atoms with Crippen LogP contribution in [-0.4, -0.2) is 30.7 Å². The van der Waals surface area contributed by atoms with Gasteiger partial charge in [-0.05, 0) is 45.4 Å². The summed E-state index contributed by atoms with van der Waals surface area (Å²) in [6, 6.07) is 4.71. The molecule has 0 unspecified atom stereocenters. The number of hydrogen-bond donors (Lipinski definition) is 3. The summed E-state index contributed by atoms with van der Waals surface area (Å²) in [5, 5.41) is 5.70. The van der Waals surface area contributed by atoms with Crippen LogP contribution in [0.15, 0.2) is 18.2 Å². The molecular formula is C15H22ClN3O3. The lowest BCUT2D eigenvalue weighted by Crippen LogP contribution is -2.34. The summed E-state index contributed by atoms with van der Waals surface area (Å²) in [5.74, 6) is -0.237. The Morgan fingerprint density at radius 2 is 1.86 bits per heavy atom. The molecule has 1 rings (SSSR count). The van der Waals surface area contributed by atoms with E-state index in [0.29, 0.717) is 35.8 Å². The SMILES string of the molecule is CC(C)(C)OC(=O)NCCCNC(=O)c1ccc(N)c(Cl)c1. The van der Waals surface area contributed by atoms with E-state index in [1.54, 1.807) is 32.9 Å². The van der Waals surface area contributed by atoms with E-state index in [4.69, 9.17) is 22.1 Å². The number of alkyl carbamates (subject to hydrolysis) is 1. The fourth-order valence-corrected chi connectivity index (χ4v) is 1.75. The molecule has 22 heavy (non-hydrogen) atoms. The smallest absolute Gasteiger partial charge is 0.407 e. The number of hydrogen-bond acceptors (Lipinski definition) is 4. The van der Waals surface area contributed by atoms with Crippen LogP contribution in [0.5, 0.6) is 0 Å². The molecule has 0 bridgehead atoms. The molecule has 0 atom stereocenters. The van der Waals surface area contributed by atoms with Gasteiger partial charge in [-0.1, -0.05) is 11.6 Å².